The lowest BCUT2D eigenvalue weighted by atomic mass is 10.2. The molecule has 1 aliphatic rings. The summed E-state index contributed by atoms with van der Waals surface area (Å²) in [4.78, 5) is 1.49. The maximum Gasteiger partial charge on any atom is 0.0179 e. The maximum absolute atomic E-state index is 3.42. The van der Waals surface area contributed by atoms with E-state index >= 15 is 0 Å². The Balaban J connectivity index is 1.72. The van der Waals surface area contributed by atoms with Gasteiger partial charge in [0.05, 0.1) is 0 Å². The Morgan fingerprint density at radius 2 is 2.46 bits per heavy atom. The number of nitrogens with one attached hydrogen (secondary N) is 1. The molecule has 1 aromatic rings. The maximum atomic E-state index is 3.42. The average molecular weight is 196 g/mol. The second-order valence-electron chi connectivity index (χ2n) is 3.43. The van der Waals surface area contributed by atoms with E-state index in [4.69, 9.17) is 0 Å². The van der Waals surface area contributed by atoms with Crippen LogP contribution in [0.5, 0.6) is 0 Å². The van der Waals surface area contributed by atoms with Gasteiger partial charge in [-0.15, -0.1) is 11.3 Å². The van der Waals surface area contributed by atoms with E-state index in [0.717, 1.165) is 13.1 Å². The Kier molecular flexibility index (Phi) is 3.35. The molecule has 0 radical (unpaired) electrons. The number of thiophene rings is 1. The molecular weight excluding hydrogens is 180 g/mol. The fourth-order valence-electron chi connectivity index (χ4n) is 1.63. The van der Waals surface area contributed by atoms with Crippen molar-refractivity contribution < 1.29 is 0 Å². The summed E-state index contributed by atoms with van der Waals surface area (Å²) in [6.45, 7) is 3.52. The van der Waals surface area contributed by atoms with E-state index in [1.165, 1.54) is 30.7 Å². The van der Waals surface area contributed by atoms with Crippen LogP contribution in [-0.4, -0.2) is 24.6 Å². The molecule has 1 fully saturated rings. The molecule has 2 nitrogen and oxygen atoms in total. The van der Waals surface area contributed by atoms with Crippen LogP contribution in [0.3, 0.4) is 0 Å². The summed E-state index contributed by atoms with van der Waals surface area (Å²) in [6.07, 6.45) is 3.86. The van der Waals surface area contributed by atoms with E-state index in [9.17, 15) is 0 Å². The molecule has 0 aliphatic carbocycles. The van der Waals surface area contributed by atoms with Crippen LogP contribution in [-0.2, 0) is 6.42 Å². The van der Waals surface area contributed by atoms with Gasteiger partial charge in [-0.25, -0.2) is 5.01 Å². The molecule has 1 saturated heterocycles. The highest BCUT2D eigenvalue weighted by molar-refractivity contribution is 7.09. The van der Waals surface area contributed by atoms with Crippen LogP contribution in [0.2, 0.25) is 0 Å². The summed E-state index contributed by atoms with van der Waals surface area (Å²) in [5.74, 6) is 0. The monoisotopic (exact) mass is 196 g/mol. The molecule has 1 N–H and O–H groups in total. The van der Waals surface area contributed by atoms with E-state index in [-0.39, 0.29) is 0 Å². The summed E-state index contributed by atoms with van der Waals surface area (Å²) in [7, 11) is 0. The average Bonchev–Trinajstić information content (AvgIpc) is 2.69. The van der Waals surface area contributed by atoms with Gasteiger partial charge in [0, 0.05) is 24.5 Å². The van der Waals surface area contributed by atoms with Gasteiger partial charge >= 0.3 is 0 Å². The Morgan fingerprint density at radius 3 is 3.15 bits per heavy atom. The predicted octanol–water partition coefficient (Wildman–Crippen LogP) is 1.89. The summed E-state index contributed by atoms with van der Waals surface area (Å²) in [5, 5.41) is 4.50. The molecule has 1 aliphatic heterocycles. The highest BCUT2D eigenvalue weighted by Crippen LogP contribution is 2.10. The quantitative estimate of drug-likeness (QED) is 0.794. The standard InChI is InChI=1S/C10H16N2S/c1-2-7-12(11-6-1)8-5-10-4-3-9-13-10/h3-4,9,11H,1-2,5-8H2. The molecule has 2 heterocycles. The number of hydrogen-bond donors (Lipinski definition) is 1. The van der Waals surface area contributed by atoms with Crippen molar-refractivity contribution in [3.63, 3.8) is 0 Å². The van der Waals surface area contributed by atoms with Crippen LogP contribution < -0.4 is 5.43 Å². The van der Waals surface area contributed by atoms with E-state index in [1.54, 1.807) is 0 Å². The van der Waals surface area contributed by atoms with Crippen LogP contribution in [0.1, 0.15) is 17.7 Å². The first-order valence-electron chi connectivity index (χ1n) is 4.96. The van der Waals surface area contributed by atoms with Crippen LogP contribution in [0.15, 0.2) is 17.5 Å². The fourth-order valence-corrected chi connectivity index (χ4v) is 2.33. The summed E-state index contributed by atoms with van der Waals surface area (Å²) in [6, 6.07) is 4.35. The minimum atomic E-state index is 1.15. The summed E-state index contributed by atoms with van der Waals surface area (Å²) >= 11 is 1.86. The summed E-state index contributed by atoms with van der Waals surface area (Å²) in [5.41, 5.74) is 3.42. The van der Waals surface area contributed by atoms with Crippen molar-refractivity contribution >= 4 is 11.3 Å². The predicted molar refractivity (Wildman–Crippen MR) is 56.8 cm³/mol. The zero-order chi connectivity index (χ0) is 8.93. The number of hydrogen-bond acceptors (Lipinski definition) is 3. The zero-order valence-corrected chi connectivity index (χ0v) is 8.65. The van der Waals surface area contributed by atoms with Gasteiger partial charge in [0.2, 0.25) is 0 Å². The molecule has 72 valence electrons. The molecule has 0 spiro atoms. The SMILES string of the molecule is c1csc(CCN2CCCCN2)c1. The van der Waals surface area contributed by atoms with Gasteiger partial charge in [0.15, 0.2) is 0 Å². The highest BCUT2D eigenvalue weighted by atomic mass is 32.1. The molecule has 0 aromatic carbocycles. The third-order valence-corrected chi connectivity index (χ3v) is 3.33. The molecule has 13 heavy (non-hydrogen) atoms. The topological polar surface area (TPSA) is 15.3 Å². The van der Waals surface area contributed by atoms with Gasteiger partial charge in [0.25, 0.3) is 0 Å². The van der Waals surface area contributed by atoms with Crippen molar-refractivity contribution in [3.8, 4) is 0 Å². The first-order valence-corrected chi connectivity index (χ1v) is 5.84. The Morgan fingerprint density at radius 1 is 1.46 bits per heavy atom. The van der Waals surface area contributed by atoms with Crippen molar-refractivity contribution in [1.82, 2.24) is 10.4 Å². The second kappa shape index (κ2) is 4.74. The molecule has 0 bridgehead atoms. The lowest BCUT2D eigenvalue weighted by molar-refractivity contribution is 0.155. The second-order valence-corrected chi connectivity index (χ2v) is 4.46. The minimum absolute atomic E-state index is 1.15. The first-order chi connectivity index (χ1) is 6.45. The minimum Gasteiger partial charge on any atom is -0.255 e. The van der Waals surface area contributed by atoms with Gasteiger partial charge in [0.1, 0.15) is 0 Å². The van der Waals surface area contributed by atoms with E-state index in [2.05, 4.69) is 27.9 Å². The van der Waals surface area contributed by atoms with Gasteiger partial charge < -0.3 is 0 Å². The van der Waals surface area contributed by atoms with Gasteiger partial charge in [-0.3, -0.25) is 5.43 Å². The van der Waals surface area contributed by atoms with Crippen molar-refractivity contribution in [2.45, 2.75) is 19.3 Å². The lowest BCUT2D eigenvalue weighted by Gasteiger charge is -2.27. The van der Waals surface area contributed by atoms with Gasteiger partial charge in [-0.05, 0) is 30.7 Å². The first kappa shape index (κ1) is 9.19. The smallest absolute Gasteiger partial charge is 0.0179 e. The van der Waals surface area contributed by atoms with E-state index in [1.807, 2.05) is 11.3 Å². The Labute approximate surface area is 83.5 Å². The molecular formula is C10H16N2S. The third-order valence-electron chi connectivity index (χ3n) is 2.40. The lowest BCUT2D eigenvalue weighted by Crippen LogP contribution is -2.44. The third kappa shape index (κ3) is 2.79. The van der Waals surface area contributed by atoms with Crippen LogP contribution in [0, 0.1) is 0 Å². The number of rotatable bonds is 3. The summed E-state index contributed by atoms with van der Waals surface area (Å²) < 4.78 is 0. The zero-order valence-electron chi connectivity index (χ0n) is 7.83. The van der Waals surface area contributed by atoms with E-state index < -0.39 is 0 Å². The molecule has 2 rings (SSSR count). The normalized spacial score (nSPS) is 19.1. The highest BCUT2D eigenvalue weighted by Gasteiger charge is 2.08. The van der Waals surface area contributed by atoms with Gasteiger partial charge in [-0.2, -0.15) is 0 Å². The van der Waals surface area contributed by atoms with Crippen molar-refractivity contribution in [2.24, 2.45) is 0 Å². The largest absolute Gasteiger partial charge is 0.255 e. The molecule has 0 amide bonds. The Hall–Kier alpha value is -0.380. The van der Waals surface area contributed by atoms with E-state index in [0.29, 0.717) is 0 Å². The molecule has 0 atom stereocenters. The molecule has 3 heteroatoms. The van der Waals surface area contributed by atoms with Gasteiger partial charge in [-0.1, -0.05) is 6.07 Å². The van der Waals surface area contributed by atoms with Crippen molar-refractivity contribution in [2.75, 3.05) is 19.6 Å². The Bertz CT molecular complexity index is 227. The fraction of sp³-hybridized carbons (Fsp3) is 0.600. The van der Waals surface area contributed by atoms with Crippen LogP contribution in [0.25, 0.3) is 0 Å². The number of hydrazine groups is 1. The van der Waals surface area contributed by atoms with Crippen LogP contribution >= 0.6 is 11.3 Å². The van der Waals surface area contributed by atoms with Crippen LogP contribution in [0.4, 0.5) is 0 Å². The molecule has 0 saturated carbocycles. The van der Waals surface area contributed by atoms with Crippen molar-refractivity contribution in [1.29, 1.82) is 0 Å². The van der Waals surface area contributed by atoms with Crippen molar-refractivity contribution in [3.05, 3.63) is 22.4 Å². The number of nitrogens with zero attached hydrogens (tertiary/aromatic N) is 1. The molecule has 0 unspecified atom stereocenters. The molecule has 1 aromatic heterocycles.